The monoisotopic (exact) mass is 302 g/mol. The van der Waals surface area contributed by atoms with Gasteiger partial charge in [0.05, 0.1) is 14.2 Å². The highest BCUT2D eigenvalue weighted by Crippen LogP contribution is 2.30. The van der Waals surface area contributed by atoms with Crippen molar-refractivity contribution in [3.63, 3.8) is 0 Å². The maximum absolute atomic E-state index is 11.9. The standard InChI is InChI=1S/C17H18O5/c1-10-6-11(4-5-14(10)18)7-12-8-13(21-2)9-15(19)16(12)17(20)22-3/h4-6,8-9,18-19H,7H2,1-3H3. The first-order valence-corrected chi connectivity index (χ1v) is 6.73. The van der Waals surface area contributed by atoms with Gasteiger partial charge in [0, 0.05) is 6.07 Å². The predicted molar refractivity (Wildman–Crippen MR) is 81.6 cm³/mol. The molecule has 0 saturated heterocycles. The van der Waals surface area contributed by atoms with E-state index in [0.29, 0.717) is 17.7 Å². The molecule has 22 heavy (non-hydrogen) atoms. The van der Waals surface area contributed by atoms with Crippen molar-refractivity contribution in [2.45, 2.75) is 13.3 Å². The summed E-state index contributed by atoms with van der Waals surface area (Å²) in [5, 5.41) is 19.6. The molecule has 0 saturated carbocycles. The van der Waals surface area contributed by atoms with Crippen molar-refractivity contribution in [1.29, 1.82) is 0 Å². The lowest BCUT2D eigenvalue weighted by atomic mass is 9.97. The van der Waals surface area contributed by atoms with Gasteiger partial charge in [-0.05, 0) is 42.2 Å². The van der Waals surface area contributed by atoms with E-state index in [-0.39, 0.29) is 17.1 Å². The van der Waals surface area contributed by atoms with Crippen LogP contribution in [0, 0.1) is 6.92 Å². The zero-order chi connectivity index (χ0) is 16.3. The van der Waals surface area contributed by atoms with Crippen LogP contribution in [0.15, 0.2) is 30.3 Å². The van der Waals surface area contributed by atoms with Crippen molar-refractivity contribution in [3.8, 4) is 17.2 Å². The van der Waals surface area contributed by atoms with Gasteiger partial charge in [0.15, 0.2) is 0 Å². The molecule has 0 aliphatic rings. The number of hydrogen-bond acceptors (Lipinski definition) is 5. The number of carbonyl (C=O) groups is 1. The number of esters is 1. The summed E-state index contributed by atoms with van der Waals surface area (Å²) in [5.41, 5.74) is 2.35. The number of phenolic OH excluding ortho intramolecular Hbond substituents is 2. The normalized spacial score (nSPS) is 10.3. The van der Waals surface area contributed by atoms with Crippen LogP contribution >= 0.6 is 0 Å². The van der Waals surface area contributed by atoms with Crippen LogP contribution in [0.1, 0.15) is 27.0 Å². The first-order valence-electron chi connectivity index (χ1n) is 6.73. The van der Waals surface area contributed by atoms with Crippen molar-refractivity contribution >= 4 is 5.97 Å². The van der Waals surface area contributed by atoms with E-state index in [1.54, 1.807) is 25.1 Å². The number of phenols is 2. The highest BCUT2D eigenvalue weighted by Gasteiger charge is 2.19. The lowest BCUT2D eigenvalue weighted by Crippen LogP contribution is -2.07. The molecule has 0 aliphatic carbocycles. The van der Waals surface area contributed by atoms with Gasteiger partial charge in [-0.25, -0.2) is 4.79 Å². The number of carbonyl (C=O) groups excluding carboxylic acids is 1. The van der Waals surface area contributed by atoms with E-state index in [2.05, 4.69) is 0 Å². The lowest BCUT2D eigenvalue weighted by molar-refractivity contribution is 0.0596. The number of aryl methyl sites for hydroxylation is 1. The Morgan fingerprint density at radius 3 is 2.41 bits per heavy atom. The Morgan fingerprint density at radius 1 is 1.09 bits per heavy atom. The summed E-state index contributed by atoms with van der Waals surface area (Å²) in [4.78, 5) is 11.9. The van der Waals surface area contributed by atoms with Gasteiger partial charge in [-0.3, -0.25) is 0 Å². The first kappa shape index (κ1) is 15.7. The Labute approximate surface area is 128 Å². The first-order chi connectivity index (χ1) is 10.5. The largest absolute Gasteiger partial charge is 0.508 e. The number of rotatable bonds is 4. The number of hydrogen-bond donors (Lipinski definition) is 2. The van der Waals surface area contributed by atoms with Crippen molar-refractivity contribution in [1.82, 2.24) is 0 Å². The van der Waals surface area contributed by atoms with Crippen LogP contribution in [0.5, 0.6) is 17.2 Å². The molecule has 0 radical (unpaired) electrons. The summed E-state index contributed by atoms with van der Waals surface area (Å²) in [6, 6.07) is 8.25. The fourth-order valence-electron chi connectivity index (χ4n) is 2.30. The Hall–Kier alpha value is -2.69. The Balaban J connectivity index is 2.49. The van der Waals surface area contributed by atoms with E-state index in [4.69, 9.17) is 9.47 Å². The highest BCUT2D eigenvalue weighted by atomic mass is 16.5. The third kappa shape index (κ3) is 3.14. The van der Waals surface area contributed by atoms with Crippen molar-refractivity contribution < 1.29 is 24.5 Å². The van der Waals surface area contributed by atoms with Gasteiger partial charge in [0.1, 0.15) is 22.8 Å². The molecule has 0 bridgehead atoms. The number of benzene rings is 2. The van der Waals surface area contributed by atoms with Crippen LogP contribution in [0.25, 0.3) is 0 Å². The molecular formula is C17H18O5. The molecule has 0 fully saturated rings. The Kier molecular flexibility index (Phi) is 4.56. The van der Waals surface area contributed by atoms with Gasteiger partial charge in [-0.15, -0.1) is 0 Å². The maximum Gasteiger partial charge on any atom is 0.341 e. The third-order valence-electron chi connectivity index (χ3n) is 3.45. The lowest BCUT2D eigenvalue weighted by Gasteiger charge is -2.13. The zero-order valence-corrected chi connectivity index (χ0v) is 12.7. The minimum atomic E-state index is -0.606. The van der Waals surface area contributed by atoms with E-state index in [9.17, 15) is 15.0 Å². The molecule has 0 unspecified atom stereocenters. The van der Waals surface area contributed by atoms with Crippen LogP contribution < -0.4 is 4.74 Å². The van der Waals surface area contributed by atoms with E-state index in [0.717, 1.165) is 11.1 Å². The highest BCUT2D eigenvalue weighted by molar-refractivity contribution is 5.94. The fourth-order valence-corrected chi connectivity index (χ4v) is 2.30. The van der Waals surface area contributed by atoms with Crippen LogP contribution in [0.4, 0.5) is 0 Å². The average Bonchev–Trinajstić information content (AvgIpc) is 2.50. The number of ether oxygens (including phenoxy) is 2. The third-order valence-corrected chi connectivity index (χ3v) is 3.45. The molecular weight excluding hydrogens is 284 g/mol. The van der Waals surface area contributed by atoms with Crippen LogP contribution in [-0.2, 0) is 11.2 Å². The molecule has 116 valence electrons. The predicted octanol–water partition coefficient (Wildman–Crippen LogP) is 2.79. The summed E-state index contributed by atoms with van der Waals surface area (Å²) in [5.74, 6) is -0.122. The number of methoxy groups -OCH3 is 2. The second-order valence-corrected chi connectivity index (χ2v) is 4.97. The van der Waals surface area contributed by atoms with Crippen molar-refractivity contribution in [3.05, 3.63) is 52.6 Å². The topological polar surface area (TPSA) is 76.0 Å². The van der Waals surface area contributed by atoms with Gasteiger partial charge in [-0.1, -0.05) is 12.1 Å². The molecule has 2 N–H and O–H groups in total. The molecule has 0 aromatic heterocycles. The summed E-state index contributed by atoms with van der Waals surface area (Å²) in [6.07, 6.45) is 0.399. The molecule has 2 aromatic rings. The van der Waals surface area contributed by atoms with Gasteiger partial charge in [0.2, 0.25) is 0 Å². The van der Waals surface area contributed by atoms with Crippen LogP contribution in [0.3, 0.4) is 0 Å². The SMILES string of the molecule is COC(=O)c1c(O)cc(OC)cc1Cc1ccc(O)c(C)c1. The Morgan fingerprint density at radius 2 is 1.82 bits per heavy atom. The smallest absolute Gasteiger partial charge is 0.341 e. The number of aromatic hydroxyl groups is 2. The molecule has 0 aliphatic heterocycles. The summed E-state index contributed by atoms with van der Waals surface area (Å²) < 4.78 is 9.86. The molecule has 2 rings (SSSR count). The van der Waals surface area contributed by atoms with E-state index >= 15 is 0 Å². The van der Waals surface area contributed by atoms with Crippen molar-refractivity contribution in [2.75, 3.05) is 14.2 Å². The second kappa shape index (κ2) is 6.39. The summed E-state index contributed by atoms with van der Waals surface area (Å²) in [7, 11) is 2.75. The van der Waals surface area contributed by atoms with Crippen LogP contribution in [-0.4, -0.2) is 30.4 Å². The van der Waals surface area contributed by atoms with Crippen molar-refractivity contribution in [2.24, 2.45) is 0 Å². The molecule has 0 atom stereocenters. The minimum Gasteiger partial charge on any atom is -0.508 e. The van der Waals surface area contributed by atoms with Crippen LogP contribution in [0.2, 0.25) is 0 Å². The average molecular weight is 302 g/mol. The van der Waals surface area contributed by atoms with Gasteiger partial charge < -0.3 is 19.7 Å². The fraction of sp³-hybridized carbons (Fsp3) is 0.235. The summed E-state index contributed by atoms with van der Waals surface area (Å²) in [6.45, 7) is 1.79. The van der Waals surface area contributed by atoms with E-state index in [1.165, 1.54) is 20.3 Å². The van der Waals surface area contributed by atoms with Gasteiger partial charge in [-0.2, -0.15) is 0 Å². The molecule has 5 nitrogen and oxygen atoms in total. The molecule has 2 aromatic carbocycles. The van der Waals surface area contributed by atoms with E-state index < -0.39 is 5.97 Å². The van der Waals surface area contributed by atoms with Gasteiger partial charge in [0.25, 0.3) is 0 Å². The second-order valence-electron chi connectivity index (χ2n) is 4.97. The molecule has 0 spiro atoms. The zero-order valence-electron chi connectivity index (χ0n) is 12.7. The summed E-state index contributed by atoms with van der Waals surface area (Å²) >= 11 is 0. The maximum atomic E-state index is 11.9. The molecule has 0 amide bonds. The quantitative estimate of drug-likeness (QED) is 0.849. The molecule has 5 heteroatoms. The van der Waals surface area contributed by atoms with E-state index in [1.807, 2.05) is 6.07 Å². The minimum absolute atomic E-state index is 0.119. The Bertz CT molecular complexity index is 706. The van der Waals surface area contributed by atoms with Gasteiger partial charge >= 0.3 is 5.97 Å². The molecule has 0 heterocycles.